The Bertz CT molecular complexity index is 591. The summed E-state index contributed by atoms with van der Waals surface area (Å²) in [6.07, 6.45) is 3.89. The Hall–Kier alpha value is -1.18. The molecule has 2 aliphatic heterocycles. The standard InChI is InChI=1S/C13H19N3O3S/c1-14-13-8-12(4-5-15-13)20(18,19)16-9-2-3-10(16)7-11(17)6-9/h4-5,8-11,17H,2-3,6-7H2,1H3,(H,14,15). The van der Waals surface area contributed by atoms with Crippen molar-refractivity contribution in [3.63, 3.8) is 0 Å². The molecule has 0 amide bonds. The molecule has 6 nitrogen and oxygen atoms in total. The third-order valence-corrected chi connectivity index (χ3v) is 6.21. The maximum atomic E-state index is 12.8. The van der Waals surface area contributed by atoms with E-state index < -0.39 is 10.0 Å². The Morgan fingerprint density at radius 3 is 2.60 bits per heavy atom. The molecule has 2 unspecified atom stereocenters. The van der Waals surface area contributed by atoms with Crippen molar-refractivity contribution in [2.24, 2.45) is 0 Å². The summed E-state index contributed by atoms with van der Waals surface area (Å²) in [7, 11) is -1.80. The molecule has 3 heterocycles. The molecule has 2 atom stereocenters. The number of piperidine rings is 1. The van der Waals surface area contributed by atoms with E-state index in [0.717, 1.165) is 12.8 Å². The van der Waals surface area contributed by atoms with E-state index in [4.69, 9.17) is 0 Å². The first-order valence-corrected chi connectivity index (χ1v) is 8.32. The number of rotatable bonds is 3. The first-order chi connectivity index (χ1) is 9.52. The van der Waals surface area contributed by atoms with Gasteiger partial charge in [0.25, 0.3) is 0 Å². The van der Waals surface area contributed by atoms with Crippen molar-refractivity contribution in [3.05, 3.63) is 18.3 Å². The van der Waals surface area contributed by atoms with E-state index in [1.165, 1.54) is 12.3 Å². The summed E-state index contributed by atoms with van der Waals surface area (Å²) >= 11 is 0. The van der Waals surface area contributed by atoms with Crippen LogP contribution in [0.4, 0.5) is 5.82 Å². The van der Waals surface area contributed by atoms with Crippen molar-refractivity contribution in [2.75, 3.05) is 12.4 Å². The number of aliphatic hydroxyl groups is 1. The maximum absolute atomic E-state index is 12.8. The number of aromatic nitrogens is 1. The van der Waals surface area contributed by atoms with Crippen molar-refractivity contribution in [1.29, 1.82) is 0 Å². The smallest absolute Gasteiger partial charge is 0.243 e. The van der Waals surface area contributed by atoms with Crippen molar-refractivity contribution < 1.29 is 13.5 Å². The Labute approximate surface area is 118 Å². The topological polar surface area (TPSA) is 82.5 Å². The number of fused-ring (bicyclic) bond motifs is 2. The SMILES string of the molecule is CNc1cc(S(=O)(=O)N2C3CCC2CC(O)C3)ccn1. The third kappa shape index (κ3) is 2.19. The molecule has 20 heavy (non-hydrogen) atoms. The second-order valence-electron chi connectivity index (χ2n) is 5.47. The second-order valence-corrected chi connectivity index (χ2v) is 7.32. The molecule has 0 saturated carbocycles. The lowest BCUT2D eigenvalue weighted by Crippen LogP contribution is -2.47. The van der Waals surface area contributed by atoms with Crippen LogP contribution >= 0.6 is 0 Å². The van der Waals surface area contributed by atoms with Crippen LogP contribution in [0.1, 0.15) is 25.7 Å². The van der Waals surface area contributed by atoms with Crippen molar-refractivity contribution in [3.8, 4) is 0 Å². The van der Waals surface area contributed by atoms with E-state index in [2.05, 4.69) is 10.3 Å². The second kappa shape index (κ2) is 4.98. The van der Waals surface area contributed by atoms with Gasteiger partial charge < -0.3 is 10.4 Å². The average Bonchev–Trinajstić information content (AvgIpc) is 2.72. The summed E-state index contributed by atoms with van der Waals surface area (Å²) < 4.78 is 27.2. The normalized spacial score (nSPS) is 30.4. The molecule has 110 valence electrons. The fourth-order valence-electron chi connectivity index (χ4n) is 3.33. The molecule has 0 radical (unpaired) electrons. The van der Waals surface area contributed by atoms with Gasteiger partial charge in [-0.3, -0.25) is 0 Å². The van der Waals surface area contributed by atoms with Gasteiger partial charge in [0.1, 0.15) is 5.82 Å². The molecule has 0 spiro atoms. The zero-order valence-corrected chi connectivity index (χ0v) is 12.2. The minimum Gasteiger partial charge on any atom is -0.393 e. The molecule has 2 bridgehead atoms. The summed E-state index contributed by atoms with van der Waals surface area (Å²) in [6, 6.07) is 2.94. The lowest BCUT2D eigenvalue weighted by atomic mass is 10.0. The van der Waals surface area contributed by atoms with E-state index in [1.54, 1.807) is 17.4 Å². The van der Waals surface area contributed by atoms with Crippen LogP contribution in [0.3, 0.4) is 0 Å². The monoisotopic (exact) mass is 297 g/mol. The van der Waals surface area contributed by atoms with Gasteiger partial charge in [0.2, 0.25) is 10.0 Å². The summed E-state index contributed by atoms with van der Waals surface area (Å²) in [4.78, 5) is 4.32. The molecule has 2 aliphatic rings. The fourth-order valence-corrected chi connectivity index (χ4v) is 5.23. The zero-order chi connectivity index (χ0) is 14.3. The van der Waals surface area contributed by atoms with Gasteiger partial charge in [0.05, 0.1) is 11.0 Å². The lowest BCUT2D eigenvalue weighted by molar-refractivity contribution is 0.0769. The molecule has 2 fully saturated rings. The first-order valence-electron chi connectivity index (χ1n) is 6.88. The average molecular weight is 297 g/mol. The van der Waals surface area contributed by atoms with E-state index >= 15 is 0 Å². The van der Waals surface area contributed by atoms with Crippen LogP contribution in [0.25, 0.3) is 0 Å². The molecule has 1 aromatic rings. The van der Waals surface area contributed by atoms with Crippen LogP contribution in [0.15, 0.2) is 23.2 Å². The molecule has 0 aromatic carbocycles. The van der Waals surface area contributed by atoms with Gasteiger partial charge in [0, 0.05) is 31.4 Å². The molecular weight excluding hydrogens is 278 g/mol. The highest BCUT2D eigenvalue weighted by Crippen LogP contribution is 2.39. The molecule has 2 N–H and O–H groups in total. The van der Waals surface area contributed by atoms with Crippen LogP contribution in [-0.2, 0) is 10.0 Å². The highest BCUT2D eigenvalue weighted by Gasteiger charge is 2.46. The van der Waals surface area contributed by atoms with E-state index in [9.17, 15) is 13.5 Å². The zero-order valence-electron chi connectivity index (χ0n) is 11.4. The highest BCUT2D eigenvalue weighted by atomic mass is 32.2. The summed E-state index contributed by atoms with van der Waals surface area (Å²) in [5.74, 6) is 0.537. The van der Waals surface area contributed by atoms with Crippen LogP contribution < -0.4 is 5.32 Å². The Kier molecular flexibility index (Phi) is 3.43. The van der Waals surface area contributed by atoms with E-state index in [-0.39, 0.29) is 23.1 Å². The van der Waals surface area contributed by atoms with Crippen LogP contribution in [-0.4, -0.2) is 48.0 Å². The molecule has 2 saturated heterocycles. The maximum Gasteiger partial charge on any atom is 0.243 e. The molecule has 3 rings (SSSR count). The van der Waals surface area contributed by atoms with Crippen LogP contribution in [0.2, 0.25) is 0 Å². The van der Waals surface area contributed by atoms with Gasteiger partial charge in [-0.05, 0) is 31.7 Å². The first kappa shape index (κ1) is 13.8. The van der Waals surface area contributed by atoms with Crippen LogP contribution in [0, 0.1) is 0 Å². The van der Waals surface area contributed by atoms with Gasteiger partial charge in [-0.2, -0.15) is 4.31 Å². The van der Waals surface area contributed by atoms with Gasteiger partial charge in [0.15, 0.2) is 0 Å². The number of sulfonamides is 1. The number of hydrogen-bond donors (Lipinski definition) is 2. The predicted molar refractivity (Wildman–Crippen MR) is 74.9 cm³/mol. The number of aliphatic hydroxyl groups excluding tert-OH is 1. The number of anilines is 1. The van der Waals surface area contributed by atoms with Crippen molar-refractivity contribution in [1.82, 2.24) is 9.29 Å². The third-order valence-electron chi connectivity index (χ3n) is 4.20. The summed E-state index contributed by atoms with van der Waals surface area (Å²) in [5.41, 5.74) is 0. The molecular formula is C13H19N3O3S. The van der Waals surface area contributed by atoms with Crippen molar-refractivity contribution in [2.45, 2.75) is 48.8 Å². The summed E-state index contributed by atoms with van der Waals surface area (Å²) in [5, 5.41) is 12.6. The number of nitrogens with one attached hydrogen (secondary N) is 1. The van der Waals surface area contributed by atoms with Gasteiger partial charge in [-0.25, -0.2) is 13.4 Å². The molecule has 7 heteroatoms. The fraction of sp³-hybridized carbons (Fsp3) is 0.615. The molecule has 0 aliphatic carbocycles. The minimum atomic E-state index is -3.51. The Morgan fingerprint density at radius 1 is 1.35 bits per heavy atom. The van der Waals surface area contributed by atoms with Crippen molar-refractivity contribution >= 4 is 15.8 Å². The van der Waals surface area contributed by atoms with Gasteiger partial charge >= 0.3 is 0 Å². The van der Waals surface area contributed by atoms with E-state index in [1.807, 2.05) is 0 Å². The van der Waals surface area contributed by atoms with Gasteiger partial charge in [-0.1, -0.05) is 0 Å². The predicted octanol–water partition coefficient (Wildman–Crippen LogP) is 0.800. The largest absolute Gasteiger partial charge is 0.393 e. The van der Waals surface area contributed by atoms with Crippen LogP contribution in [0.5, 0.6) is 0 Å². The highest BCUT2D eigenvalue weighted by molar-refractivity contribution is 7.89. The Morgan fingerprint density at radius 2 is 2.00 bits per heavy atom. The minimum absolute atomic E-state index is 0.0695. The molecule has 1 aromatic heterocycles. The number of hydrogen-bond acceptors (Lipinski definition) is 5. The number of pyridine rings is 1. The quantitative estimate of drug-likeness (QED) is 0.862. The van der Waals surface area contributed by atoms with E-state index in [0.29, 0.717) is 18.7 Å². The lowest BCUT2D eigenvalue weighted by Gasteiger charge is -2.36. The Balaban J connectivity index is 1.96. The number of nitrogens with zero attached hydrogens (tertiary/aromatic N) is 2. The van der Waals surface area contributed by atoms with Gasteiger partial charge in [-0.15, -0.1) is 0 Å². The summed E-state index contributed by atoms with van der Waals surface area (Å²) in [6.45, 7) is 0.